The monoisotopic (exact) mass is 491 g/mol. The fourth-order valence-electron chi connectivity index (χ4n) is 4.23. The molecule has 0 radical (unpaired) electrons. The number of hydrogen-bond acceptors (Lipinski definition) is 6. The van der Waals surface area contributed by atoms with Gasteiger partial charge in [-0.25, -0.2) is 13.2 Å². The molecule has 1 amide bonds. The van der Waals surface area contributed by atoms with Gasteiger partial charge in [0.1, 0.15) is 16.2 Å². The highest BCUT2D eigenvalue weighted by Gasteiger charge is 2.39. The Hall–Kier alpha value is -2.85. The van der Waals surface area contributed by atoms with Gasteiger partial charge < -0.3 is 19.4 Å². The van der Waals surface area contributed by atoms with Crippen LogP contribution in [-0.4, -0.2) is 55.5 Å². The van der Waals surface area contributed by atoms with Gasteiger partial charge in [0.2, 0.25) is 15.9 Å². The molecule has 0 spiro atoms. The number of benzene rings is 1. The van der Waals surface area contributed by atoms with E-state index in [0.29, 0.717) is 42.3 Å². The molecule has 0 bridgehead atoms. The van der Waals surface area contributed by atoms with Crippen LogP contribution in [0.25, 0.3) is 0 Å². The van der Waals surface area contributed by atoms with E-state index in [2.05, 4.69) is 5.32 Å². The normalized spacial score (nSPS) is 16.8. The molecule has 9 nitrogen and oxygen atoms in total. The lowest BCUT2D eigenvalue weighted by atomic mass is 9.99. The highest BCUT2D eigenvalue weighted by Crippen LogP contribution is 2.32. The quantitative estimate of drug-likeness (QED) is 0.568. The molecule has 3 rings (SSSR count). The average molecular weight is 492 g/mol. The van der Waals surface area contributed by atoms with Crippen LogP contribution in [0.3, 0.4) is 0 Å². The van der Waals surface area contributed by atoms with E-state index in [1.54, 1.807) is 56.7 Å². The molecule has 34 heavy (non-hydrogen) atoms. The van der Waals surface area contributed by atoms with E-state index in [0.717, 1.165) is 0 Å². The first-order valence-corrected chi connectivity index (χ1v) is 12.9. The second kappa shape index (κ2) is 10.6. The number of aromatic nitrogens is 1. The van der Waals surface area contributed by atoms with Crippen molar-refractivity contribution < 1.29 is 27.5 Å². The number of nitrogens with one attached hydrogen (secondary N) is 1. The van der Waals surface area contributed by atoms with Crippen LogP contribution < -0.4 is 10.1 Å². The van der Waals surface area contributed by atoms with Crippen molar-refractivity contribution in [2.45, 2.75) is 45.4 Å². The van der Waals surface area contributed by atoms with Gasteiger partial charge in [0.05, 0.1) is 19.1 Å². The van der Waals surface area contributed by atoms with Crippen molar-refractivity contribution in [1.82, 2.24) is 8.87 Å². The minimum absolute atomic E-state index is 0.0425. The van der Waals surface area contributed by atoms with E-state index in [9.17, 15) is 18.0 Å². The van der Waals surface area contributed by atoms with Crippen molar-refractivity contribution >= 4 is 27.6 Å². The summed E-state index contributed by atoms with van der Waals surface area (Å²) in [5.41, 5.74) is 1.66. The van der Waals surface area contributed by atoms with Crippen LogP contribution in [0.1, 0.15) is 48.4 Å². The van der Waals surface area contributed by atoms with E-state index in [-0.39, 0.29) is 36.1 Å². The Morgan fingerprint density at radius 3 is 2.38 bits per heavy atom. The number of esters is 1. The van der Waals surface area contributed by atoms with Gasteiger partial charge >= 0.3 is 5.97 Å². The van der Waals surface area contributed by atoms with Crippen molar-refractivity contribution in [2.75, 3.05) is 31.6 Å². The molecule has 10 heteroatoms. The Bertz CT molecular complexity index is 1150. The lowest BCUT2D eigenvalue weighted by Gasteiger charge is -2.31. The molecule has 1 aliphatic rings. The Balaban J connectivity index is 1.82. The van der Waals surface area contributed by atoms with Crippen molar-refractivity contribution in [3.63, 3.8) is 0 Å². The second-order valence-corrected chi connectivity index (χ2v) is 10.2. The molecule has 186 valence electrons. The van der Waals surface area contributed by atoms with Crippen LogP contribution in [0.15, 0.2) is 29.2 Å². The van der Waals surface area contributed by atoms with Crippen LogP contribution in [0.4, 0.5) is 5.69 Å². The maximum atomic E-state index is 13.7. The zero-order valence-corrected chi connectivity index (χ0v) is 21.2. The molecule has 0 saturated carbocycles. The molecule has 1 fully saturated rings. The zero-order valence-electron chi connectivity index (χ0n) is 20.4. The number of amides is 1. The minimum atomic E-state index is -4.02. The number of nitrogens with zero attached hydrogens (tertiary/aromatic N) is 2. The number of carbonyl (C=O) groups excluding carboxylic acids is 2. The molecule has 1 aliphatic heterocycles. The molecule has 0 aliphatic carbocycles. The van der Waals surface area contributed by atoms with Crippen molar-refractivity contribution in [3.05, 3.63) is 41.2 Å². The fourth-order valence-corrected chi connectivity index (χ4v) is 6.23. The Morgan fingerprint density at radius 2 is 1.76 bits per heavy atom. The lowest BCUT2D eigenvalue weighted by Crippen LogP contribution is -2.44. The first-order valence-electron chi connectivity index (χ1n) is 11.5. The molecular formula is C24H33N3O6S. The predicted molar refractivity (Wildman–Crippen MR) is 129 cm³/mol. The molecule has 0 unspecified atom stereocenters. The molecular weight excluding hydrogens is 458 g/mol. The summed E-state index contributed by atoms with van der Waals surface area (Å²) < 4.78 is 40.9. The van der Waals surface area contributed by atoms with Gasteiger partial charge in [0, 0.05) is 37.2 Å². The van der Waals surface area contributed by atoms with E-state index in [1.165, 1.54) is 4.31 Å². The second-order valence-electron chi connectivity index (χ2n) is 8.30. The third-order valence-electron chi connectivity index (χ3n) is 6.19. The smallest absolute Gasteiger partial charge is 0.341 e. The molecule has 1 saturated heterocycles. The highest BCUT2D eigenvalue weighted by atomic mass is 32.2. The number of carbonyl (C=O) groups is 2. The summed E-state index contributed by atoms with van der Waals surface area (Å²) in [6, 6.07) is 7.05. The van der Waals surface area contributed by atoms with Crippen molar-refractivity contribution in [2.24, 2.45) is 13.0 Å². The molecule has 1 aromatic carbocycles. The van der Waals surface area contributed by atoms with Crippen molar-refractivity contribution in [3.8, 4) is 5.75 Å². The van der Waals surface area contributed by atoms with Gasteiger partial charge in [-0.2, -0.15) is 4.31 Å². The Labute approximate surface area is 201 Å². The molecule has 1 aromatic heterocycles. The standard InChI is InChI=1S/C24H33N3O6S/c1-6-32-20-12-10-19(11-13-20)25-23(28)18-9-8-14-27(15-18)34(30,31)22-17(4)26(5)16(3)21(22)24(29)33-7-2/h10-13,18H,6-9,14-15H2,1-5H3,(H,25,28)/t18-/m1/s1. The van der Waals surface area contributed by atoms with E-state index < -0.39 is 21.9 Å². The summed E-state index contributed by atoms with van der Waals surface area (Å²) >= 11 is 0. The first-order chi connectivity index (χ1) is 16.1. The van der Waals surface area contributed by atoms with Gasteiger partial charge in [0.25, 0.3) is 0 Å². The van der Waals surface area contributed by atoms with Gasteiger partial charge in [-0.1, -0.05) is 0 Å². The summed E-state index contributed by atoms with van der Waals surface area (Å²) in [5.74, 6) is -0.702. The van der Waals surface area contributed by atoms with E-state index in [4.69, 9.17) is 9.47 Å². The van der Waals surface area contributed by atoms with Gasteiger partial charge in [-0.15, -0.1) is 0 Å². The van der Waals surface area contributed by atoms with Crippen LogP contribution >= 0.6 is 0 Å². The van der Waals surface area contributed by atoms with Gasteiger partial charge in [-0.05, 0) is 64.8 Å². The summed E-state index contributed by atoms with van der Waals surface area (Å²) in [6.07, 6.45) is 1.12. The minimum Gasteiger partial charge on any atom is -0.494 e. The summed E-state index contributed by atoms with van der Waals surface area (Å²) in [5, 5.41) is 2.87. The summed E-state index contributed by atoms with van der Waals surface area (Å²) in [7, 11) is -2.31. The zero-order chi connectivity index (χ0) is 25.0. The maximum Gasteiger partial charge on any atom is 0.341 e. The number of hydrogen-bond donors (Lipinski definition) is 1. The number of anilines is 1. The molecule has 2 aromatic rings. The summed E-state index contributed by atoms with van der Waals surface area (Å²) in [4.78, 5) is 25.5. The van der Waals surface area contributed by atoms with Crippen LogP contribution in [0.2, 0.25) is 0 Å². The average Bonchev–Trinajstić information content (AvgIpc) is 3.05. The highest BCUT2D eigenvalue weighted by molar-refractivity contribution is 7.89. The van der Waals surface area contributed by atoms with Crippen molar-refractivity contribution in [1.29, 1.82) is 0 Å². The third kappa shape index (κ3) is 5.12. The molecule has 1 N–H and O–H groups in total. The number of piperidine rings is 1. The maximum absolute atomic E-state index is 13.7. The molecule has 2 heterocycles. The third-order valence-corrected chi connectivity index (χ3v) is 8.22. The first kappa shape index (κ1) is 25.8. The number of ether oxygens (including phenoxy) is 2. The Morgan fingerprint density at radius 1 is 1.09 bits per heavy atom. The lowest BCUT2D eigenvalue weighted by molar-refractivity contribution is -0.120. The van der Waals surface area contributed by atoms with Crippen LogP contribution in [0, 0.1) is 19.8 Å². The van der Waals surface area contributed by atoms with Crippen LogP contribution in [0.5, 0.6) is 5.75 Å². The molecule has 1 atom stereocenters. The topological polar surface area (TPSA) is 107 Å². The number of sulfonamides is 1. The fraction of sp³-hybridized carbons (Fsp3) is 0.500. The van der Waals surface area contributed by atoms with Gasteiger partial charge in [-0.3, -0.25) is 4.79 Å². The predicted octanol–water partition coefficient (Wildman–Crippen LogP) is 3.26. The Kier molecular flexibility index (Phi) is 8.04. The largest absolute Gasteiger partial charge is 0.494 e. The van der Waals surface area contributed by atoms with E-state index in [1.807, 2.05) is 6.92 Å². The SMILES string of the molecule is CCOC(=O)c1c(S(=O)(=O)N2CCC[C@@H](C(=O)Nc3ccc(OCC)cc3)C2)c(C)n(C)c1C. The summed E-state index contributed by atoms with van der Waals surface area (Å²) in [6.45, 7) is 7.96. The van der Waals surface area contributed by atoms with Gasteiger partial charge in [0.15, 0.2) is 0 Å². The number of rotatable bonds is 8. The van der Waals surface area contributed by atoms with Crippen LogP contribution in [-0.2, 0) is 26.6 Å². The van der Waals surface area contributed by atoms with E-state index >= 15 is 0 Å².